The SMILES string of the molecule is c1ccc(-c2ccc(N(c3ccccc3-c3ccccc3)c3cccc4c3-c3ccc(-c5nc6ccccc6cc5-c5ccccc5)cc3C4(c3ccccc3)c3ccccc3)cc2)cc1. The van der Waals surface area contributed by atoms with E-state index < -0.39 is 5.41 Å². The normalized spacial score (nSPS) is 12.4. The average Bonchev–Trinajstić information content (AvgIpc) is 3.71. The van der Waals surface area contributed by atoms with Crippen LogP contribution in [0.4, 0.5) is 17.1 Å². The second-order valence-electron chi connectivity index (χ2n) is 17.0. The Morgan fingerprint density at radius 2 is 0.833 bits per heavy atom. The summed E-state index contributed by atoms with van der Waals surface area (Å²) in [6.07, 6.45) is 0. The minimum absolute atomic E-state index is 0.662. The molecular weight excluding hydrogens is 797 g/mol. The molecule has 0 spiro atoms. The molecule has 2 nitrogen and oxygen atoms in total. The summed E-state index contributed by atoms with van der Waals surface area (Å²) in [6, 6.07) is 97.0. The van der Waals surface area contributed by atoms with Crippen LogP contribution in [0.3, 0.4) is 0 Å². The Bertz CT molecular complexity index is 3450. The Balaban J connectivity index is 1.16. The number of rotatable bonds is 9. The van der Waals surface area contributed by atoms with Gasteiger partial charge in [0.15, 0.2) is 0 Å². The van der Waals surface area contributed by atoms with Gasteiger partial charge in [-0.3, -0.25) is 0 Å². The van der Waals surface area contributed by atoms with E-state index in [1.165, 1.54) is 44.5 Å². The summed E-state index contributed by atoms with van der Waals surface area (Å²) in [7, 11) is 0. The van der Waals surface area contributed by atoms with E-state index in [0.29, 0.717) is 0 Å². The van der Waals surface area contributed by atoms with E-state index in [0.717, 1.165) is 61.5 Å². The van der Waals surface area contributed by atoms with Gasteiger partial charge in [0.2, 0.25) is 0 Å². The van der Waals surface area contributed by atoms with Crippen molar-refractivity contribution in [2.75, 3.05) is 4.90 Å². The number of benzene rings is 10. The lowest BCUT2D eigenvalue weighted by molar-refractivity contribution is 0.768. The van der Waals surface area contributed by atoms with Crippen molar-refractivity contribution >= 4 is 28.0 Å². The van der Waals surface area contributed by atoms with Crippen molar-refractivity contribution in [3.05, 3.63) is 289 Å². The van der Waals surface area contributed by atoms with Crippen molar-refractivity contribution in [3.63, 3.8) is 0 Å². The molecule has 0 N–H and O–H groups in total. The van der Waals surface area contributed by atoms with Crippen LogP contribution in [0.1, 0.15) is 22.3 Å². The lowest BCUT2D eigenvalue weighted by atomic mass is 9.67. The second kappa shape index (κ2) is 16.5. The molecule has 0 unspecified atom stereocenters. The number of nitrogens with zero attached hydrogens (tertiary/aromatic N) is 2. The summed E-state index contributed by atoms with van der Waals surface area (Å²) in [5, 5.41) is 1.12. The summed E-state index contributed by atoms with van der Waals surface area (Å²) >= 11 is 0. The van der Waals surface area contributed by atoms with Gasteiger partial charge in [-0.1, -0.05) is 224 Å². The maximum Gasteiger partial charge on any atom is 0.0788 e. The molecular formula is C64H44N2. The number of aromatic nitrogens is 1. The van der Waals surface area contributed by atoms with Gasteiger partial charge >= 0.3 is 0 Å². The third kappa shape index (κ3) is 6.54. The molecule has 0 saturated heterocycles. The van der Waals surface area contributed by atoms with Crippen molar-refractivity contribution in [1.82, 2.24) is 4.98 Å². The summed E-state index contributed by atoms with van der Waals surface area (Å²) in [6.45, 7) is 0. The van der Waals surface area contributed by atoms with Gasteiger partial charge in [0, 0.05) is 33.3 Å². The Labute approximate surface area is 386 Å². The van der Waals surface area contributed by atoms with Gasteiger partial charge in [-0.2, -0.15) is 0 Å². The first kappa shape index (κ1) is 39.0. The topological polar surface area (TPSA) is 16.1 Å². The number of hydrogen-bond acceptors (Lipinski definition) is 2. The van der Waals surface area contributed by atoms with Crippen LogP contribution in [0.15, 0.2) is 267 Å². The Morgan fingerprint density at radius 1 is 0.318 bits per heavy atom. The van der Waals surface area contributed by atoms with E-state index in [1.807, 2.05) is 0 Å². The highest BCUT2D eigenvalue weighted by atomic mass is 15.1. The first-order chi connectivity index (χ1) is 32.8. The van der Waals surface area contributed by atoms with Crippen molar-refractivity contribution in [1.29, 1.82) is 0 Å². The summed E-state index contributed by atoms with van der Waals surface area (Å²) in [4.78, 5) is 7.96. The maximum atomic E-state index is 5.47. The number of anilines is 3. The molecule has 0 atom stereocenters. The monoisotopic (exact) mass is 840 g/mol. The predicted molar refractivity (Wildman–Crippen MR) is 275 cm³/mol. The number of para-hydroxylation sites is 2. The van der Waals surface area contributed by atoms with E-state index in [9.17, 15) is 0 Å². The lowest BCUT2D eigenvalue weighted by Gasteiger charge is -2.35. The van der Waals surface area contributed by atoms with Crippen LogP contribution in [0.2, 0.25) is 0 Å². The van der Waals surface area contributed by atoms with E-state index in [-0.39, 0.29) is 0 Å². The largest absolute Gasteiger partial charge is 0.309 e. The highest BCUT2D eigenvalue weighted by molar-refractivity contribution is 6.01. The van der Waals surface area contributed by atoms with Crippen molar-refractivity contribution in [3.8, 4) is 55.8 Å². The first-order valence-electron chi connectivity index (χ1n) is 22.7. The fourth-order valence-corrected chi connectivity index (χ4v) is 10.4. The standard InChI is InChI=1S/C64H44N2/c1-6-21-45(22-7-1)46-37-40-53(41-38-46)66(60-35-19-17-32-54(60)47-23-8-2-9-24-47)61-36-20-33-57-62(61)55-42-39-50(44-58(55)64(57,51-28-12-4-13-29-51)52-30-14-5-15-31-52)63-56(48-25-10-3-11-26-48)43-49-27-16-18-34-59(49)65-63/h1-44H. The molecule has 1 aromatic heterocycles. The molecule has 11 aromatic rings. The molecule has 0 amide bonds. The molecule has 66 heavy (non-hydrogen) atoms. The Hall–Kier alpha value is -8.59. The van der Waals surface area contributed by atoms with E-state index in [2.05, 4.69) is 272 Å². The zero-order valence-corrected chi connectivity index (χ0v) is 36.3. The number of fused-ring (bicyclic) bond motifs is 4. The second-order valence-corrected chi connectivity index (χ2v) is 17.0. The Kier molecular flexibility index (Phi) is 9.77. The molecule has 12 rings (SSSR count). The van der Waals surface area contributed by atoms with Gasteiger partial charge in [-0.15, -0.1) is 0 Å². The van der Waals surface area contributed by atoms with Gasteiger partial charge in [-0.05, 0) is 92.5 Å². The smallest absolute Gasteiger partial charge is 0.0788 e. The van der Waals surface area contributed by atoms with E-state index in [4.69, 9.17) is 4.98 Å². The molecule has 2 heteroatoms. The predicted octanol–water partition coefficient (Wildman–Crippen LogP) is 16.7. The molecule has 0 radical (unpaired) electrons. The van der Waals surface area contributed by atoms with Crippen LogP contribution in [-0.2, 0) is 5.41 Å². The van der Waals surface area contributed by atoms with Crippen LogP contribution < -0.4 is 4.90 Å². The molecule has 0 aliphatic heterocycles. The fraction of sp³-hybridized carbons (Fsp3) is 0.0156. The van der Waals surface area contributed by atoms with E-state index >= 15 is 0 Å². The van der Waals surface area contributed by atoms with Crippen molar-refractivity contribution in [2.45, 2.75) is 5.41 Å². The summed E-state index contributed by atoms with van der Waals surface area (Å²) < 4.78 is 0. The fourth-order valence-electron chi connectivity index (χ4n) is 10.4. The quantitative estimate of drug-likeness (QED) is 0.144. The van der Waals surface area contributed by atoms with Gasteiger partial charge in [0.05, 0.1) is 28.0 Å². The molecule has 0 saturated carbocycles. The molecule has 310 valence electrons. The summed E-state index contributed by atoms with van der Waals surface area (Å²) in [5.74, 6) is 0. The first-order valence-corrected chi connectivity index (χ1v) is 22.7. The third-order valence-corrected chi connectivity index (χ3v) is 13.3. The maximum absolute atomic E-state index is 5.47. The van der Waals surface area contributed by atoms with Crippen LogP contribution in [-0.4, -0.2) is 4.98 Å². The minimum atomic E-state index is -0.662. The van der Waals surface area contributed by atoms with Crippen LogP contribution >= 0.6 is 0 Å². The third-order valence-electron chi connectivity index (χ3n) is 13.3. The van der Waals surface area contributed by atoms with Gasteiger partial charge in [0.1, 0.15) is 0 Å². The Morgan fingerprint density at radius 3 is 1.50 bits per heavy atom. The summed E-state index contributed by atoms with van der Waals surface area (Å²) in [5.41, 5.74) is 19.9. The lowest BCUT2D eigenvalue weighted by Crippen LogP contribution is -2.28. The molecule has 1 heterocycles. The highest BCUT2D eigenvalue weighted by Crippen LogP contribution is 2.60. The zero-order valence-electron chi connectivity index (χ0n) is 36.3. The van der Waals surface area contributed by atoms with Gasteiger partial charge in [0.25, 0.3) is 0 Å². The molecule has 1 aliphatic rings. The zero-order chi connectivity index (χ0) is 43.9. The van der Waals surface area contributed by atoms with Crippen LogP contribution in [0, 0.1) is 0 Å². The van der Waals surface area contributed by atoms with Crippen molar-refractivity contribution < 1.29 is 0 Å². The van der Waals surface area contributed by atoms with Gasteiger partial charge in [-0.25, -0.2) is 4.98 Å². The number of hydrogen-bond donors (Lipinski definition) is 0. The van der Waals surface area contributed by atoms with Crippen molar-refractivity contribution in [2.24, 2.45) is 0 Å². The molecule has 0 fully saturated rings. The van der Waals surface area contributed by atoms with E-state index in [1.54, 1.807) is 0 Å². The number of pyridine rings is 1. The molecule has 0 bridgehead atoms. The minimum Gasteiger partial charge on any atom is -0.309 e. The molecule has 1 aliphatic carbocycles. The van der Waals surface area contributed by atoms with Gasteiger partial charge < -0.3 is 4.90 Å². The highest BCUT2D eigenvalue weighted by Gasteiger charge is 2.48. The van der Waals surface area contributed by atoms with Crippen LogP contribution in [0.5, 0.6) is 0 Å². The average molecular weight is 841 g/mol. The molecule has 10 aromatic carbocycles. The van der Waals surface area contributed by atoms with Crippen LogP contribution in [0.25, 0.3) is 66.7 Å².